The van der Waals surface area contributed by atoms with Crippen LogP contribution in [0.3, 0.4) is 0 Å². The summed E-state index contributed by atoms with van der Waals surface area (Å²) in [7, 11) is 0. The number of hydrogen-bond donors (Lipinski definition) is 1. The predicted octanol–water partition coefficient (Wildman–Crippen LogP) is 4.62. The fraction of sp³-hybridized carbons (Fsp3) is 0.588. The van der Waals surface area contributed by atoms with Crippen LogP contribution in [0.5, 0.6) is 0 Å². The van der Waals surface area contributed by atoms with Gasteiger partial charge >= 0.3 is 5.97 Å². The Morgan fingerprint density at radius 1 is 1.38 bits per heavy atom. The molecule has 0 bridgehead atoms. The number of benzene rings is 1. The van der Waals surface area contributed by atoms with E-state index in [1.54, 1.807) is 0 Å². The Morgan fingerprint density at radius 3 is 2.57 bits per heavy atom. The Balaban J connectivity index is 2.35. The van der Waals surface area contributed by atoms with Crippen LogP contribution < -0.4 is 0 Å². The summed E-state index contributed by atoms with van der Waals surface area (Å²) in [6, 6.07) is 8.47. The third-order valence-electron chi connectivity index (χ3n) is 4.62. The first-order valence-electron chi connectivity index (χ1n) is 7.80. The molecule has 1 fully saturated rings. The molecule has 1 aliphatic rings. The Bertz CT molecular complexity index is 488. The van der Waals surface area contributed by atoms with Gasteiger partial charge in [0.2, 0.25) is 0 Å². The molecule has 1 saturated heterocycles. The Hall–Kier alpha value is -0.870. The third kappa shape index (κ3) is 3.16. The van der Waals surface area contributed by atoms with E-state index in [9.17, 15) is 9.90 Å². The molecule has 0 radical (unpaired) electrons. The second-order valence-corrected chi connectivity index (χ2v) is 6.77. The van der Waals surface area contributed by atoms with Gasteiger partial charge in [0.1, 0.15) is 5.54 Å². The van der Waals surface area contributed by atoms with Gasteiger partial charge in [-0.25, -0.2) is 0 Å². The van der Waals surface area contributed by atoms with Gasteiger partial charge in [-0.3, -0.25) is 9.69 Å². The smallest absolute Gasteiger partial charge is 0.324 e. The van der Waals surface area contributed by atoms with E-state index in [-0.39, 0.29) is 6.04 Å². The maximum atomic E-state index is 12.0. The monoisotopic (exact) mass is 353 g/mol. The molecule has 0 aliphatic carbocycles. The molecule has 1 heterocycles. The molecule has 3 nitrogen and oxygen atoms in total. The van der Waals surface area contributed by atoms with Crippen molar-refractivity contribution < 1.29 is 9.90 Å². The molecule has 1 N–H and O–H groups in total. The topological polar surface area (TPSA) is 40.5 Å². The summed E-state index contributed by atoms with van der Waals surface area (Å²) in [5.41, 5.74) is 0.534. The van der Waals surface area contributed by atoms with Crippen LogP contribution in [-0.2, 0) is 4.79 Å². The van der Waals surface area contributed by atoms with Crippen LogP contribution in [0.1, 0.15) is 57.6 Å². The van der Waals surface area contributed by atoms with Gasteiger partial charge in [0.25, 0.3) is 0 Å². The summed E-state index contributed by atoms with van der Waals surface area (Å²) >= 11 is 3.46. The van der Waals surface area contributed by atoms with Crippen molar-refractivity contribution in [1.82, 2.24) is 4.90 Å². The van der Waals surface area contributed by atoms with Crippen LogP contribution >= 0.6 is 15.9 Å². The molecular formula is C17H24BrNO2. The van der Waals surface area contributed by atoms with Crippen LogP contribution in [0.15, 0.2) is 28.7 Å². The van der Waals surface area contributed by atoms with Gasteiger partial charge in [-0.2, -0.15) is 0 Å². The number of rotatable bonds is 6. The van der Waals surface area contributed by atoms with Crippen LogP contribution in [0.2, 0.25) is 0 Å². The molecule has 0 saturated carbocycles. The summed E-state index contributed by atoms with van der Waals surface area (Å²) in [5.74, 6) is -0.655. The lowest BCUT2D eigenvalue weighted by molar-refractivity contribution is -0.152. The number of carbonyl (C=O) groups is 1. The molecule has 1 aromatic carbocycles. The van der Waals surface area contributed by atoms with Crippen molar-refractivity contribution in [2.24, 2.45) is 0 Å². The Morgan fingerprint density at radius 2 is 2.05 bits per heavy atom. The molecule has 2 atom stereocenters. The van der Waals surface area contributed by atoms with Crippen molar-refractivity contribution in [2.45, 2.75) is 57.5 Å². The van der Waals surface area contributed by atoms with Crippen LogP contribution in [0.4, 0.5) is 0 Å². The minimum atomic E-state index is -0.678. The van der Waals surface area contributed by atoms with Gasteiger partial charge in [0.15, 0.2) is 0 Å². The number of halogens is 1. The van der Waals surface area contributed by atoms with E-state index in [1.807, 2.05) is 12.1 Å². The van der Waals surface area contributed by atoms with E-state index in [1.165, 1.54) is 5.56 Å². The third-order valence-corrected chi connectivity index (χ3v) is 5.15. The van der Waals surface area contributed by atoms with Gasteiger partial charge in [-0.1, -0.05) is 48.3 Å². The molecule has 116 valence electrons. The second kappa shape index (κ2) is 6.93. The second-order valence-electron chi connectivity index (χ2n) is 5.86. The lowest BCUT2D eigenvalue weighted by atomic mass is 9.88. The first-order valence-corrected chi connectivity index (χ1v) is 8.60. The van der Waals surface area contributed by atoms with E-state index in [0.717, 1.165) is 43.1 Å². The molecule has 2 unspecified atom stereocenters. The number of nitrogens with zero attached hydrogens (tertiary/aromatic N) is 1. The lowest BCUT2D eigenvalue weighted by Gasteiger charge is -2.40. The van der Waals surface area contributed by atoms with Crippen molar-refractivity contribution in [2.75, 3.05) is 6.54 Å². The van der Waals surface area contributed by atoms with Crippen molar-refractivity contribution in [1.29, 1.82) is 0 Å². The number of hydrogen-bond acceptors (Lipinski definition) is 2. The highest BCUT2D eigenvalue weighted by atomic mass is 79.9. The summed E-state index contributed by atoms with van der Waals surface area (Å²) < 4.78 is 1.06. The molecule has 4 heteroatoms. The number of likely N-dealkylation sites (tertiary alicyclic amines) is 1. The quantitative estimate of drug-likeness (QED) is 0.810. The maximum Gasteiger partial charge on any atom is 0.324 e. The van der Waals surface area contributed by atoms with Gasteiger partial charge in [0, 0.05) is 10.5 Å². The average Bonchev–Trinajstić information content (AvgIpc) is 2.87. The first kappa shape index (κ1) is 16.5. The molecular weight excluding hydrogens is 330 g/mol. The first-order chi connectivity index (χ1) is 10.0. The molecule has 21 heavy (non-hydrogen) atoms. The minimum absolute atomic E-state index is 0.184. The number of aliphatic carboxylic acids is 1. The van der Waals surface area contributed by atoms with E-state index < -0.39 is 11.5 Å². The molecule has 0 aromatic heterocycles. The van der Waals surface area contributed by atoms with E-state index in [4.69, 9.17) is 0 Å². The fourth-order valence-corrected chi connectivity index (χ4v) is 3.96. The maximum absolute atomic E-state index is 12.0. The molecule has 2 rings (SSSR count). The van der Waals surface area contributed by atoms with Gasteiger partial charge < -0.3 is 5.11 Å². The van der Waals surface area contributed by atoms with E-state index in [0.29, 0.717) is 0 Å². The van der Waals surface area contributed by atoms with Crippen molar-refractivity contribution >= 4 is 21.9 Å². The average molecular weight is 354 g/mol. The van der Waals surface area contributed by atoms with E-state index in [2.05, 4.69) is 46.8 Å². The SMILES string of the molecule is CCCC1(C(=O)O)CCCN1C(CC)c1ccc(Br)cc1. The van der Waals surface area contributed by atoms with Gasteiger partial charge in [-0.15, -0.1) is 0 Å². The standard InChI is InChI=1S/C17H24BrNO2/c1-3-10-17(16(20)21)11-5-12-19(17)15(4-2)13-6-8-14(18)9-7-13/h6-9,15H,3-5,10-12H2,1-2H3,(H,20,21). The normalized spacial score (nSPS) is 24.1. The number of carboxylic acid groups (broad SMARTS) is 1. The fourth-order valence-electron chi connectivity index (χ4n) is 3.69. The summed E-state index contributed by atoms with van der Waals surface area (Å²) in [4.78, 5) is 14.2. The molecule has 1 aliphatic heterocycles. The highest BCUT2D eigenvalue weighted by Crippen LogP contribution is 2.41. The van der Waals surface area contributed by atoms with Gasteiger partial charge in [0.05, 0.1) is 0 Å². The van der Waals surface area contributed by atoms with Crippen LogP contribution in [0, 0.1) is 0 Å². The zero-order valence-corrected chi connectivity index (χ0v) is 14.4. The van der Waals surface area contributed by atoms with Gasteiger partial charge in [-0.05, 0) is 49.9 Å². The lowest BCUT2D eigenvalue weighted by Crippen LogP contribution is -2.51. The van der Waals surface area contributed by atoms with E-state index >= 15 is 0 Å². The highest BCUT2D eigenvalue weighted by Gasteiger charge is 2.49. The number of carboxylic acids is 1. The largest absolute Gasteiger partial charge is 0.480 e. The Labute approximate surface area is 135 Å². The van der Waals surface area contributed by atoms with Crippen LogP contribution in [-0.4, -0.2) is 28.1 Å². The Kier molecular flexibility index (Phi) is 5.44. The van der Waals surface area contributed by atoms with Crippen molar-refractivity contribution in [3.63, 3.8) is 0 Å². The highest BCUT2D eigenvalue weighted by molar-refractivity contribution is 9.10. The van der Waals surface area contributed by atoms with Crippen molar-refractivity contribution in [3.05, 3.63) is 34.3 Å². The van der Waals surface area contributed by atoms with Crippen molar-refractivity contribution in [3.8, 4) is 0 Å². The summed E-state index contributed by atoms with van der Waals surface area (Å²) in [5, 5.41) is 9.85. The minimum Gasteiger partial charge on any atom is -0.480 e. The molecule has 1 aromatic rings. The summed E-state index contributed by atoms with van der Waals surface area (Å²) in [6.07, 6.45) is 4.30. The summed E-state index contributed by atoms with van der Waals surface area (Å²) in [6.45, 7) is 5.09. The predicted molar refractivity (Wildman–Crippen MR) is 88.4 cm³/mol. The zero-order valence-electron chi connectivity index (χ0n) is 12.8. The zero-order chi connectivity index (χ0) is 15.5. The van der Waals surface area contributed by atoms with Crippen LogP contribution in [0.25, 0.3) is 0 Å². The molecule has 0 spiro atoms. The molecule has 0 amide bonds.